The molecule has 2 heterocycles. The zero-order valence-electron chi connectivity index (χ0n) is 21.2. The minimum atomic E-state index is 0.570. The fourth-order valence-electron chi connectivity index (χ4n) is 4.60. The van der Waals surface area contributed by atoms with E-state index < -0.39 is 0 Å². The van der Waals surface area contributed by atoms with E-state index in [-0.39, 0.29) is 0 Å². The Labute approximate surface area is 227 Å². The number of benzene rings is 3. The molecule has 4 aromatic rings. The number of hydrogen-bond acceptors (Lipinski definition) is 6. The molecule has 0 radical (unpaired) electrons. The second-order valence-corrected chi connectivity index (χ2v) is 10.6. The predicted molar refractivity (Wildman–Crippen MR) is 155 cm³/mol. The molecule has 194 valence electrons. The molecule has 0 saturated carbocycles. The first kappa shape index (κ1) is 25.7. The largest absolute Gasteiger partial charge is 0.497 e. The summed E-state index contributed by atoms with van der Waals surface area (Å²) in [5.41, 5.74) is 2.15. The number of hydrogen-bond donors (Lipinski definition) is 1. The van der Waals surface area contributed by atoms with Gasteiger partial charge in [0.15, 0.2) is 5.75 Å². The van der Waals surface area contributed by atoms with E-state index in [1.54, 1.807) is 18.4 Å². The molecule has 1 saturated heterocycles. The summed E-state index contributed by atoms with van der Waals surface area (Å²) in [7, 11) is 1.69. The van der Waals surface area contributed by atoms with Gasteiger partial charge in [-0.25, -0.2) is 0 Å². The predicted octanol–water partition coefficient (Wildman–Crippen LogP) is 7.88. The second kappa shape index (κ2) is 12.5. The van der Waals surface area contributed by atoms with Crippen molar-refractivity contribution >= 4 is 38.7 Å². The maximum Gasteiger partial charge on any atom is 0.153 e. The number of alkyl halides is 1. The maximum atomic E-state index is 6.51. The van der Waals surface area contributed by atoms with Gasteiger partial charge >= 0.3 is 0 Å². The van der Waals surface area contributed by atoms with E-state index in [0.29, 0.717) is 12.5 Å². The van der Waals surface area contributed by atoms with Gasteiger partial charge in [0.1, 0.15) is 23.9 Å². The van der Waals surface area contributed by atoms with Gasteiger partial charge in [-0.05, 0) is 86.1 Å². The quantitative estimate of drug-likeness (QED) is 0.197. The minimum Gasteiger partial charge on any atom is -0.497 e. The monoisotopic (exact) mass is 536 g/mol. The third kappa shape index (κ3) is 6.50. The molecule has 1 aromatic heterocycles. The van der Waals surface area contributed by atoms with Crippen molar-refractivity contribution in [2.24, 2.45) is 0 Å². The Kier molecular flexibility index (Phi) is 8.72. The maximum absolute atomic E-state index is 6.51. The van der Waals surface area contributed by atoms with Crippen LogP contribution in [0, 0.1) is 0 Å². The molecule has 0 amide bonds. The molecule has 1 N–H and O–H groups in total. The highest BCUT2D eigenvalue weighted by atomic mass is 35.5. The van der Waals surface area contributed by atoms with Crippen LogP contribution in [-0.2, 0) is 0 Å². The SMILES string of the molecule is COc1ccc2c(Oc3ccc(OCCN4CCCCC4)cc3)c(-c3ccc(NCCCl)cc3)sc2c1. The average Bonchev–Trinajstić information content (AvgIpc) is 3.31. The molecule has 0 bridgehead atoms. The first-order chi connectivity index (χ1) is 18.2. The number of piperidine rings is 1. The number of nitrogens with one attached hydrogen (secondary N) is 1. The lowest BCUT2D eigenvalue weighted by molar-refractivity contribution is 0.183. The van der Waals surface area contributed by atoms with Gasteiger partial charge in [-0.3, -0.25) is 4.90 Å². The molecule has 0 atom stereocenters. The summed E-state index contributed by atoms with van der Waals surface area (Å²) >= 11 is 7.52. The van der Waals surface area contributed by atoms with E-state index in [1.807, 2.05) is 30.3 Å². The van der Waals surface area contributed by atoms with Gasteiger partial charge in [0.05, 0.1) is 12.0 Å². The highest BCUT2D eigenvalue weighted by molar-refractivity contribution is 7.22. The van der Waals surface area contributed by atoms with Crippen molar-refractivity contribution in [2.75, 3.05) is 51.1 Å². The van der Waals surface area contributed by atoms with Gasteiger partial charge in [0.2, 0.25) is 0 Å². The van der Waals surface area contributed by atoms with Gasteiger partial charge in [0.25, 0.3) is 0 Å². The van der Waals surface area contributed by atoms with Crippen LogP contribution in [0.5, 0.6) is 23.0 Å². The van der Waals surface area contributed by atoms with Crippen LogP contribution in [0.25, 0.3) is 20.5 Å². The lowest BCUT2D eigenvalue weighted by Crippen LogP contribution is -2.33. The molecular formula is C30H33ClN2O3S. The smallest absolute Gasteiger partial charge is 0.153 e. The van der Waals surface area contributed by atoms with Crippen molar-refractivity contribution in [1.82, 2.24) is 4.90 Å². The lowest BCUT2D eigenvalue weighted by atomic mass is 10.1. The number of halogens is 1. The molecule has 0 unspecified atom stereocenters. The fourth-order valence-corrected chi connectivity index (χ4v) is 5.86. The summed E-state index contributed by atoms with van der Waals surface area (Å²) in [6.07, 6.45) is 3.95. The van der Waals surface area contributed by atoms with Gasteiger partial charge in [0, 0.05) is 34.7 Å². The van der Waals surface area contributed by atoms with Crippen molar-refractivity contribution in [1.29, 1.82) is 0 Å². The second-order valence-electron chi connectivity index (χ2n) is 9.14. The molecule has 37 heavy (non-hydrogen) atoms. The topological polar surface area (TPSA) is 43.0 Å². The summed E-state index contributed by atoms with van der Waals surface area (Å²) in [6.45, 7) is 4.79. The first-order valence-electron chi connectivity index (χ1n) is 12.9. The van der Waals surface area contributed by atoms with Crippen LogP contribution in [0.2, 0.25) is 0 Å². The number of nitrogens with zero attached hydrogens (tertiary/aromatic N) is 1. The van der Waals surface area contributed by atoms with E-state index in [1.165, 1.54) is 32.4 Å². The molecule has 1 aliphatic heterocycles. The number of fused-ring (bicyclic) bond motifs is 1. The van der Waals surface area contributed by atoms with Crippen molar-refractivity contribution in [3.63, 3.8) is 0 Å². The molecule has 0 aliphatic carbocycles. The summed E-state index contributed by atoms with van der Waals surface area (Å²) in [5.74, 6) is 3.90. The van der Waals surface area contributed by atoms with Crippen LogP contribution in [-0.4, -0.2) is 50.7 Å². The number of anilines is 1. The summed E-state index contributed by atoms with van der Waals surface area (Å²) < 4.78 is 19.1. The summed E-state index contributed by atoms with van der Waals surface area (Å²) in [5, 5.41) is 4.38. The first-order valence-corrected chi connectivity index (χ1v) is 14.2. The summed E-state index contributed by atoms with van der Waals surface area (Å²) in [4.78, 5) is 3.56. The average molecular weight is 537 g/mol. The number of rotatable bonds is 11. The van der Waals surface area contributed by atoms with E-state index in [2.05, 4.69) is 46.6 Å². The number of thiophene rings is 1. The third-order valence-corrected chi connectivity index (χ3v) is 7.96. The molecule has 1 fully saturated rings. The Morgan fingerprint density at radius 2 is 1.62 bits per heavy atom. The molecule has 5 nitrogen and oxygen atoms in total. The van der Waals surface area contributed by atoms with Crippen LogP contribution in [0.4, 0.5) is 5.69 Å². The van der Waals surface area contributed by atoms with Crippen LogP contribution in [0.1, 0.15) is 19.3 Å². The van der Waals surface area contributed by atoms with Gasteiger partial charge < -0.3 is 19.5 Å². The normalized spacial score (nSPS) is 14.0. The van der Waals surface area contributed by atoms with E-state index in [9.17, 15) is 0 Å². The van der Waals surface area contributed by atoms with Crippen molar-refractivity contribution in [3.05, 3.63) is 66.7 Å². The Hall–Kier alpha value is -2.93. The van der Waals surface area contributed by atoms with E-state index in [0.717, 1.165) is 62.3 Å². The minimum absolute atomic E-state index is 0.570. The zero-order valence-corrected chi connectivity index (χ0v) is 22.7. The molecule has 3 aromatic carbocycles. The standard InChI is InChI=1S/C30H33ClN2O3S/c1-34-26-13-14-27-28(21-26)37-30(22-5-7-23(8-6-22)32-16-15-31)29(27)36-25-11-9-24(10-12-25)35-20-19-33-17-3-2-4-18-33/h5-14,21,32H,2-4,15-20H2,1H3. The molecule has 5 rings (SSSR count). The van der Waals surface area contributed by atoms with Crippen molar-refractivity contribution in [3.8, 4) is 33.4 Å². The van der Waals surface area contributed by atoms with Gasteiger partial charge in [-0.1, -0.05) is 18.6 Å². The molecule has 1 aliphatic rings. The summed E-state index contributed by atoms with van der Waals surface area (Å²) in [6, 6.07) is 22.4. The number of likely N-dealkylation sites (tertiary alicyclic amines) is 1. The Bertz CT molecular complexity index is 1280. The number of ether oxygens (including phenoxy) is 3. The number of methoxy groups -OCH3 is 1. The van der Waals surface area contributed by atoms with Crippen LogP contribution in [0.3, 0.4) is 0 Å². The Morgan fingerprint density at radius 1 is 0.892 bits per heavy atom. The Balaban J connectivity index is 1.34. The fraction of sp³-hybridized carbons (Fsp3) is 0.333. The zero-order chi connectivity index (χ0) is 25.5. The van der Waals surface area contributed by atoms with Crippen LogP contribution >= 0.6 is 22.9 Å². The third-order valence-electron chi connectivity index (χ3n) is 6.59. The molecule has 7 heteroatoms. The van der Waals surface area contributed by atoms with E-state index >= 15 is 0 Å². The van der Waals surface area contributed by atoms with Crippen LogP contribution < -0.4 is 19.5 Å². The highest BCUT2D eigenvalue weighted by Gasteiger charge is 2.17. The molecule has 0 spiro atoms. The molecular weight excluding hydrogens is 504 g/mol. The van der Waals surface area contributed by atoms with Gasteiger partial charge in [-0.15, -0.1) is 22.9 Å². The van der Waals surface area contributed by atoms with Crippen molar-refractivity contribution < 1.29 is 14.2 Å². The lowest BCUT2D eigenvalue weighted by Gasteiger charge is -2.26. The van der Waals surface area contributed by atoms with Gasteiger partial charge in [-0.2, -0.15) is 0 Å². The van der Waals surface area contributed by atoms with Crippen LogP contribution in [0.15, 0.2) is 66.7 Å². The Morgan fingerprint density at radius 3 is 2.35 bits per heavy atom. The highest BCUT2D eigenvalue weighted by Crippen LogP contribution is 2.47. The van der Waals surface area contributed by atoms with Crippen molar-refractivity contribution in [2.45, 2.75) is 19.3 Å². The van der Waals surface area contributed by atoms with E-state index in [4.69, 9.17) is 25.8 Å².